The average molecular weight is 427 g/mol. The summed E-state index contributed by atoms with van der Waals surface area (Å²) in [6.07, 6.45) is 17.3. The highest BCUT2D eigenvalue weighted by atomic mass is 16.5. The van der Waals surface area contributed by atoms with Crippen LogP contribution in [0, 0.1) is 51.2 Å². The van der Waals surface area contributed by atoms with Crippen molar-refractivity contribution in [3.05, 3.63) is 11.6 Å². The van der Waals surface area contributed by atoms with Crippen molar-refractivity contribution in [1.29, 1.82) is 0 Å². The Kier molecular flexibility index (Phi) is 5.33. The van der Waals surface area contributed by atoms with Crippen LogP contribution < -0.4 is 0 Å². The fourth-order valence-electron chi connectivity index (χ4n) is 10.9. The lowest BCUT2D eigenvalue weighted by Gasteiger charge is -2.67. The van der Waals surface area contributed by atoms with Gasteiger partial charge in [-0.1, -0.05) is 52.7 Å². The monoisotopic (exact) mass is 426 g/mol. The van der Waals surface area contributed by atoms with Crippen LogP contribution in [0.4, 0.5) is 0 Å². The maximum absolute atomic E-state index is 6.29. The molecule has 0 radical (unpaired) electrons. The van der Waals surface area contributed by atoms with Gasteiger partial charge in [0.05, 0.1) is 12.7 Å². The first-order chi connectivity index (χ1) is 14.5. The van der Waals surface area contributed by atoms with Crippen molar-refractivity contribution in [2.75, 3.05) is 6.61 Å². The summed E-state index contributed by atoms with van der Waals surface area (Å²) in [5, 5.41) is 0. The topological polar surface area (TPSA) is 9.23 Å². The van der Waals surface area contributed by atoms with E-state index in [4.69, 9.17) is 4.74 Å². The molecular weight excluding hydrogens is 376 g/mol. The molecule has 0 bridgehead atoms. The van der Waals surface area contributed by atoms with Gasteiger partial charge in [-0.15, -0.1) is 0 Å². The van der Waals surface area contributed by atoms with Gasteiger partial charge in [0.25, 0.3) is 0 Å². The van der Waals surface area contributed by atoms with Crippen molar-refractivity contribution in [2.45, 2.75) is 119 Å². The third kappa shape index (κ3) is 3.18. The predicted octanol–water partition coefficient (Wildman–Crippen LogP) is 8.43. The minimum absolute atomic E-state index is 0.376. The van der Waals surface area contributed by atoms with Gasteiger partial charge in [0, 0.05) is 0 Å². The average Bonchev–Trinajstić information content (AvgIpc) is 3.22. The van der Waals surface area contributed by atoms with E-state index in [1.807, 2.05) is 0 Å². The summed E-state index contributed by atoms with van der Waals surface area (Å²) in [5.74, 6) is 4.54. The number of hydrogen-bond donors (Lipinski definition) is 0. The molecule has 4 saturated carbocycles. The Morgan fingerprint density at radius 1 is 0.774 bits per heavy atom. The Balaban J connectivity index is 1.40. The van der Waals surface area contributed by atoms with Gasteiger partial charge in [-0.2, -0.15) is 0 Å². The van der Waals surface area contributed by atoms with E-state index in [0.29, 0.717) is 27.8 Å². The number of fused-ring (bicyclic) bond motifs is 5. The molecule has 1 aliphatic heterocycles. The molecular formula is C30H50O. The molecule has 5 aliphatic rings. The molecule has 4 aliphatic carbocycles. The van der Waals surface area contributed by atoms with E-state index in [0.717, 1.165) is 36.2 Å². The molecule has 0 aromatic carbocycles. The lowest BCUT2D eigenvalue weighted by Crippen LogP contribution is -2.59. The van der Waals surface area contributed by atoms with Crippen LogP contribution in [0.25, 0.3) is 0 Å². The molecule has 0 aromatic rings. The summed E-state index contributed by atoms with van der Waals surface area (Å²) in [7, 11) is 0. The van der Waals surface area contributed by atoms with Gasteiger partial charge >= 0.3 is 0 Å². The van der Waals surface area contributed by atoms with Gasteiger partial charge in [0.15, 0.2) is 0 Å². The number of hydrogen-bond acceptors (Lipinski definition) is 1. The Labute approximate surface area is 193 Å². The molecule has 5 rings (SSSR count). The molecule has 31 heavy (non-hydrogen) atoms. The fourth-order valence-corrected chi connectivity index (χ4v) is 10.9. The summed E-state index contributed by atoms with van der Waals surface area (Å²) in [5.41, 5.74) is 3.63. The smallest absolute Gasteiger partial charge is 0.0761 e. The van der Waals surface area contributed by atoms with Crippen molar-refractivity contribution < 1.29 is 4.74 Å². The second-order valence-corrected chi connectivity index (χ2v) is 14.3. The van der Waals surface area contributed by atoms with Gasteiger partial charge in [-0.05, 0) is 123 Å². The van der Waals surface area contributed by atoms with E-state index in [1.165, 1.54) is 69.8 Å². The first-order valence-electron chi connectivity index (χ1n) is 13.8. The van der Waals surface area contributed by atoms with Crippen molar-refractivity contribution in [3.63, 3.8) is 0 Å². The summed E-state index contributed by atoms with van der Waals surface area (Å²) in [6, 6.07) is 0. The summed E-state index contributed by atoms with van der Waals surface area (Å²) in [4.78, 5) is 0. The number of rotatable bonds is 2. The quantitative estimate of drug-likeness (QED) is 0.402. The first kappa shape index (κ1) is 22.5. The highest BCUT2D eigenvalue weighted by molar-refractivity contribution is 5.16. The Morgan fingerprint density at radius 3 is 2.16 bits per heavy atom. The van der Waals surface area contributed by atoms with E-state index in [1.54, 1.807) is 0 Å². The van der Waals surface area contributed by atoms with Crippen LogP contribution in [0.3, 0.4) is 0 Å². The lowest BCUT2D eigenvalue weighted by atomic mass is 9.38. The number of ether oxygens (including phenoxy) is 1. The van der Waals surface area contributed by atoms with Crippen LogP contribution in [0.2, 0.25) is 0 Å². The van der Waals surface area contributed by atoms with Crippen molar-refractivity contribution in [1.82, 2.24) is 0 Å². The molecule has 0 aromatic heterocycles. The van der Waals surface area contributed by atoms with Gasteiger partial charge in [-0.3, -0.25) is 0 Å². The van der Waals surface area contributed by atoms with Crippen LogP contribution >= 0.6 is 0 Å². The maximum atomic E-state index is 6.29. The maximum Gasteiger partial charge on any atom is 0.0761 e. The van der Waals surface area contributed by atoms with Gasteiger partial charge < -0.3 is 4.74 Å². The third-order valence-electron chi connectivity index (χ3n) is 12.4. The normalized spacial score (nSPS) is 53.4. The number of allylic oxidation sites excluding steroid dienone is 1. The van der Waals surface area contributed by atoms with Crippen LogP contribution in [-0.2, 0) is 4.74 Å². The van der Waals surface area contributed by atoms with Crippen LogP contribution in [0.5, 0.6) is 0 Å². The molecule has 5 fully saturated rings. The van der Waals surface area contributed by atoms with Gasteiger partial charge in [-0.25, -0.2) is 0 Å². The molecule has 0 spiro atoms. The zero-order valence-corrected chi connectivity index (χ0v) is 21.7. The van der Waals surface area contributed by atoms with Crippen LogP contribution in [0.1, 0.15) is 113 Å². The lowest BCUT2D eigenvalue weighted by molar-refractivity contribution is -0.179. The molecule has 0 amide bonds. The summed E-state index contributed by atoms with van der Waals surface area (Å²) in [6.45, 7) is 18.9. The molecule has 9 atom stereocenters. The largest absolute Gasteiger partial charge is 0.374 e. The SMILES string of the molecule is CC(C)=C[C@H]1C[C@@H]([C@H]2CC[C@@]3(C)[C@@H]4CC[C@H]5C(C)(C)CCC[C@]5(C)[C@H]4CC[C@]23C)CO1. The highest BCUT2D eigenvalue weighted by Crippen LogP contribution is 2.74. The minimum Gasteiger partial charge on any atom is -0.374 e. The highest BCUT2D eigenvalue weighted by Gasteiger charge is 2.67. The van der Waals surface area contributed by atoms with E-state index < -0.39 is 0 Å². The molecule has 0 N–H and O–H groups in total. The summed E-state index contributed by atoms with van der Waals surface area (Å²) < 4.78 is 6.29. The van der Waals surface area contributed by atoms with E-state index in [2.05, 4.69) is 54.5 Å². The molecule has 1 nitrogen and oxygen atoms in total. The summed E-state index contributed by atoms with van der Waals surface area (Å²) >= 11 is 0. The second kappa shape index (κ2) is 7.35. The Bertz CT molecular complexity index is 731. The van der Waals surface area contributed by atoms with E-state index in [9.17, 15) is 0 Å². The molecule has 1 heteroatoms. The predicted molar refractivity (Wildman–Crippen MR) is 131 cm³/mol. The second-order valence-electron chi connectivity index (χ2n) is 14.3. The van der Waals surface area contributed by atoms with Crippen molar-refractivity contribution in [2.24, 2.45) is 51.2 Å². The standard InChI is InChI=1S/C30H50O/c1-20(2)17-22-18-21(19-31-22)23-11-15-30(7)25-9-10-26-27(3,4)13-8-14-28(26,5)24(25)12-16-29(23,30)6/h17,21-26H,8-16,18-19H2,1-7H3/t21-,22+,23-,24+,25-,26+,28-,29-,30+/m1/s1. The molecule has 0 unspecified atom stereocenters. The minimum atomic E-state index is 0.376. The van der Waals surface area contributed by atoms with Crippen LogP contribution in [-0.4, -0.2) is 12.7 Å². The fraction of sp³-hybridized carbons (Fsp3) is 0.933. The van der Waals surface area contributed by atoms with Crippen molar-refractivity contribution in [3.8, 4) is 0 Å². The first-order valence-corrected chi connectivity index (χ1v) is 13.8. The molecule has 1 saturated heterocycles. The van der Waals surface area contributed by atoms with E-state index in [-0.39, 0.29) is 0 Å². The molecule has 1 heterocycles. The van der Waals surface area contributed by atoms with Gasteiger partial charge in [0.1, 0.15) is 0 Å². The Hall–Kier alpha value is -0.300. The molecule has 176 valence electrons. The van der Waals surface area contributed by atoms with Gasteiger partial charge in [0.2, 0.25) is 0 Å². The van der Waals surface area contributed by atoms with E-state index >= 15 is 0 Å². The van der Waals surface area contributed by atoms with Crippen LogP contribution in [0.15, 0.2) is 11.6 Å². The third-order valence-corrected chi connectivity index (χ3v) is 12.4. The Morgan fingerprint density at radius 2 is 1.45 bits per heavy atom. The zero-order valence-electron chi connectivity index (χ0n) is 21.7. The van der Waals surface area contributed by atoms with Crippen molar-refractivity contribution >= 4 is 0 Å². The zero-order chi connectivity index (χ0) is 22.2.